The summed E-state index contributed by atoms with van der Waals surface area (Å²) in [4.78, 5) is 12.7. The van der Waals surface area contributed by atoms with Crippen molar-refractivity contribution in [1.29, 1.82) is 0 Å². The van der Waals surface area contributed by atoms with Gasteiger partial charge in [0.1, 0.15) is 12.2 Å². The van der Waals surface area contributed by atoms with Crippen LogP contribution in [0.2, 0.25) is 0 Å². The van der Waals surface area contributed by atoms with Crippen LogP contribution in [0.15, 0.2) is 91.0 Å². The first-order chi connectivity index (χ1) is 19.1. The van der Waals surface area contributed by atoms with Crippen molar-refractivity contribution in [2.45, 2.75) is 51.3 Å². The zero-order chi connectivity index (χ0) is 27.5. The quantitative estimate of drug-likeness (QED) is 0.280. The van der Waals surface area contributed by atoms with Gasteiger partial charge in [0.2, 0.25) is 0 Å². The molecule has 208 valence electrons. The number of esters is 1. The maximum absolute atomic E-state index is 12.7. The molecule has 1 heterocycles. The Labute approximate surface area is 230 Å². The molecular weight excluding hydrogens is 496 g/mol. The van der Waals surface area contributed by atoms with Crippen molar-refractivity contribution in [3.05, 3.63) is 108 Å². The number of benzene rings is 3. The highest BCUT2D eigenvalue weighted by Crippen LogP contribution is 2.37. The van der Waals surface area contributed by atoms with E-state index in [1.54, 1.807) is 7.11 Å². The average molecular weight is 535 g/mol. The van der Waals surface area contributed by atoms with Crippen molar-refractivity contribution < 1.29 is 33.2 Å². The van der Waals surface area contributed by atoms with Crippen molar-refractivity contribution in [3.63, 3.8) is 0 Å². The Morgan fingerprint density at radius 3 is 1.72 bits per heavy atom. The minimum Gasteiger partial charge on any atom is -0.469 e. The van der Waals surface area contributed by atoms with E-state index in [4.69, 9.17) is 28.4 Å². The number of methoxy groups -OCH3 is 2. The number of hydrogen-bond acceptors (Lipinski definition) is 7. The fourth-order valence-corrected chi connectivity index (χ4v) is 4.94. The first kappa shape index (κ1) is 28.9. The van der Waals surface area contributed by atoms with Crippen LogP contribution in [0.1, 0.15) is 23.6 Å². The Morgan fingerprint density at radius 1 is 0.744 bits per heavy atom. The number of carbonyl (C=O) groups excluding carboxylic acids is 1. The van der Waals surface area contributed by atoms with E-state index in [1.165, 1.54) is 7.11 Å². The lowest BCUT2D eigenvalue weighted by molar-refractivity contribution is -0.306. The zero-order valence-corrected chi connectivity index (χ0v) is 22.8. The Kier molecular flexibility index (Phi) is 11.1. The van der Waals surface area contributed by atoms with Crippen LogP contribution in [-0.2, 0) is 53.0 Å². The van der Waals surface area contributed by atoms with Gasteiger partial charge in [-0.3, -0.25) is 4.79 Å². The van der Waals surface area contributed by atoms with E-state index in [1.807, 2.05) is 97.9 Å². The molecule has 1 fully saturated rings. The second-order valence-electron chi connectivity index (χ2n) is 9.69. The molecule has 4 rings (SSSR count). The van der Waals surface area contributed by atoms with E-state index in [0.717, 1.165) is 16.7 Å². The number of rotatable bonds is 13. The molecule has 3 aromatic rings. The lowest BCUT2D eigenvalue weighted by atomic mass is 9.81. The molecule has 1 aliphatic heterocycles. The molecule has 1 saturated heterocycles. The molecular formula is C32H38O7. The third-order valence-electron chi connectivity index (χ3n) is 7.04. The highest BCUT2D eigenvalue weighted by Gasteiger charge is 2.51. The summed E-state index contributed by atoms with van der Waals surface area (Å²) >= 11 is 0. The maximum Gasteiger partial charge on any atom is 0.308 e. The lowest BCUT2D eigenvalue weighted by Gasteiger charge is -2.47. The van der Waals surface area contributed by atoms with E-state index in [-0.39, 0.29) is 12.6 Å². The summed E-state index contributed by atoms with van der Waals surface area (Å²) < 4.78 is 36.5. The van der Waals surface area contributed by atoms with E-state index in [0.29, 0.717) is 19.8 Å². The van der Waals surface area contributed by atoms with Crippen molar-refractivity contribution >= 4 is 5.97 Å². The van der Waals surface area contributed by atoms with Gasteiger partial charge in [0, 0.05) is 7.11 Å². The smallest absolute Gasteiger partial charge is 0.308 e. The Hall–Kier alpha value is -3.07. The van der Waals surface area contributed by atoms with Gasteiger partial charge >= 0.3 is 5.97 Å². The van der Waals surface area contributed by atoms with Crippen LogP contribution in [0.3, 0.4) is 0 Å². The minimum atomic E-state index is -0.721. The van der Waals surface area contributed by atoms with Gasteiger partial charge in [-0.2, -0.15) is 0 Å². The van der Waals surface area contributed by atoms with Gasteiger partial charge in [-0.1, -0.05) is 97.9 Å². The van der Waals surface area contributed by atoms with Gasteiger partial charge in [0.05, 0.1) is 51.5 Å². The molecule has 0 bridgehead atoms. The molecule has 39 heavy (non-hydrogen) atoms. The highest BCUT2D eigenvalue weighted by atomic mass is 16.7. The lowest BCUT2D eigenvalue weighted by Crippen LogP contribution is -2.60. The third-order valence-corrected chi connectivity index (χ3v) is 7.04. The molecule has 0 aliphatic carbocycles. The van der Waals surface area contributed by atoms with Crippen LogP contribution in [0.25, 0.3) is 0 Å². The minimum absolute atomic E-state index is 0.263. The first-order valence-electron chi connectivity index (χ1n) is 13.3. The van der Waals surface area contributed by atoms with Crippen LogP contribution >= 0.6 is 0 Å². The molecule has 0 amide bonds. The van der Waals surface area contributed by atoms with E-state index in [2.05, 4.69) is 0 Å². The fraction of sp³-hybridized carbons (Fsp3) is 0.406. The summed E-state index contributed by atoms with van der Waals surface area (Å²) in [5.41, 5.74) is 3.10. The summed E-state index contributed by atoms with van der Waals surface area (Å²) in [5.74, 6) is -1.40. The van der Waals surface area contributed by atoms with Crippen LogP contribution in [0.4, 0.5) is 0 Å². The first-order valence-corrected chi connectivity index (χ1v) is 13.3. The molecule has 7 heteroatoms. The molecule has 1 aliphatic rings. The number of ether oxygens (including phenoxy) is 6. The largest absolute Gasteiger partial charge is 0.469 e. The average Bonchev–Trinajstić information content (AvgIpc) is 2.99. The van der Waals surface area contributed by atoms with Gasteiger partial charge in [-0.05, 0) is 16.7 Å². The SMILES string of the molecule is COC(=O)[C@H](C)[C@H]1[C@H](OC)O[C@H](COCc2ccccc2)[C@@H](OCc2ccccc2)[C@@H]1OCc1ccccc1. The van der Waals surface area contributed by atoms with Crippen LogP contribution in [0.5, 0.6) is 0 Å². The monoisotopic (exact) mass is 534 g/mol. The molecule has 0 aromatic heterocycles. The van der Waals surface area contributed by atoms with Crippen molar-refractivity contribution in [1.82, 2.24) is 0 Å². The third kappa shape index (κ3) is 7.97. The maximum atomic E-state index is 12.7. The predicted molar refractivity (Wildman–Crippen MR) is 146 cm³/mol. The Bertz CT molecular complexity index is 1110. The predicted octanol–water partition coefficient (Wildman–Crippen LogP) is 5.17. The molecule has 0 unspecified atom stereocenters. The molecule has 6 atom stereocenters. The number of carbonyl (C=O) groups is 1. The molecule has 0 radical (unpaired) electrons. The summed E-state index contributed by atoms with van der Waals surface area (Å²) in [6.45, 7) is 3.20. The number of hydrogen-bond donors (Lipinski definition) is 0. The van der Waals surface area contributed by atoms with Gasteiger partial charge in [0.25, 0.3) is 0 Å². The van der Waals surface area contributed by atoms with Gasteiger partial charge in [0.15, 0.2) is 6.29 Å². The summed E-state index contributed by atoms with van der Waals surface area (Å²) in [7, 11) is 2.96. The molecule has 7 nitrogen and oxygen atoms in total. The Morgan fingerprint density at radius 2 is 1.23 bits per heavy atom. The summed E-state index contributed by atoms with van der Waals surface area (Å²) in [6, 6.07) is 29.8. The van der Waals surface area contributed by atoms with Crippen molar-refractivity contribution in [2.75, 3.05) is 20.8 Å². The summed E-state index contributed by atoms with van der Waals surface area (Å²) in [6.07, 6.45) is -2.29. The van der Waals surface area contributed by atoms with Crippen LogP contribution in [0, 0.1) is 11.8 Å². The molecule has 3 aromatic carbocycles. The van der Waals surface area contributed by atoms with E-state index in [9.17, 15) is 4.79 Å². The fourth-order valence-electron chi connectivity index (χ4n) is 4.94. The summed E-state index contributed by atoms with van der Waals surface area (Å²) in [5, 5.41) is 0. The van der Waals surface area contributed by atoms with E-state index < -0.39 is 36.4 Å². The highest BCUT2D eigenvalue weighted by molar-refractivity contribution is 5.72. The molecule has 0 N–H and O–H groups in total. The van der Waals surface area contributed by atoms with E-state index >= 15 is 0 Å². The van der Waals surface area contributed by atoms with Gasteiger partial charge < -0.3 is 28.4 Å². The topological polar surface area (TPSA) is 72.5 Å². The standard InChI is InChI=1S/C32H38O7/c1-23(31(33)34-2)28-30(38-21-26-17-11-6-12-18-26)29(37-20-25-15-9-5-10-16-25)27(39-32(28)35-3)22-36-19-24-13-7-4-8-14-24/h4-18,23,27-30,32H,19-22H2,1-3H3/t23-,27-,28-,29-,30-,32-/m1/s1. The van der Waals surface area contributed by atoms with Gasteiger partial charge in [-0.25, -0.2) is 0 Å². The Balaban J connectivity index is 1.61. The second-order valence-corrected chi connectivity index (χ2v) is 9.69. The second kappa shape index (κ2) is 14.9. The van der Waals surface area contributed by atoms with Crippen molar-refractivity contribution in [3.8, 4) is 0 Å². The van der Waals surface area contributed by atoms with Crippen LogP contribution in [-0.4, -0.2) is 51.4 Å². The molecule has 0 saturated carbocycles. The van der Waals surface area contributed by atoms with Gasteiger partial charge in [-0.15, -0.1) is 0 Å². The normalized spacial score (nSPS) is 23.7. The van der Waals surface area contributed by atoms with Crippen LogP contribution < -0.4 is 0 Å². The zero-order valence-electron chi connectivity index (χ0n) is 22.8. The van der Waals surface area contributed by atoms with Crippen molar-refractivity contribution in [2.24, 2.45) is 11.8 Å². The molecule has 0 spiro atoms.